The number of H-pyrrole nitrogens is 1. The van der Waals surface area contributed by atoms with Crippen molar-refractivity contribution < 1.29 is 4.79 Å². The summed E-state index contributed by atoms with van der Waals surface area (Å²) >= 11 is 0. The molecule has 0 fully saturated rings. The SMILES string of the molecule is Cc1nn(C)c(C)c1CCC(=O)N(CCN(C)C)Cc1nc[nH]c1C. The average molecular weight is 346 g/mol. The molecule has 0 saturated carbocycles. The number of amides is 1. The molecule has 138 valence electrons. The maximum absolute atomic E-state index is 12.8. The molecule has 25 heavy (non-hydrogen) atoms. The number of hydrogen-bond donors (Lipinski definition) is 1. The van der Waals surface area contributed by atoms with E-state index in [2.05, 4.69) is 26.9 Å². The molecule has 1 amide bonds. The number of hydrogen-bond acceptors (Lipinski definition) is 4. The summed E-state index contributed by atoms with van der Waals surface area (Å²) in [5.41, 5.74) is 5.27. The Hall–Kier alpha value is -2.15. The highest BCUT2D eigenvalue weighted by Crippen LogP contribution is 2.15. The first-order valence-corrected chi connectivity index (χ1v) is 8.70. The number of carbonyl (C=O) groups excluding carboxylic acids is 1. The van der Waals surface area contributed by atoms with Gasteiger partial charge in [-0.05, 0) is 46.9 Å². The van der Waals surface area contributed by atoms with Gasteiger partial charge in [0.15, 0.2) is 0 Å². The molecule has 2 aromatic heterocycles. The van der Waals surface area contributed by atoms with Gasteiger partial charge >= 0.3 is 0 Å². The van der Waals surface area contributed by atoms with Gasteiger partial charge in [0.25, 0.3) is 0 Å². The number of rotatable bonds is 8. The lowest BCUT2D eigenvalue weighted by Gasteiger charge is -2.24. The van der Waals surface area contributed by atoms with Crippen molar-refractivity contribution in [3.05, 3.63) is 34.7 Å². The van der Waals surface area contributed by atoms with Gasteiger partial charge < -0.3 is 14.8 Å². The minimum absolute atomic E-state index is 0.159. The van der Waals surface area contributed by atoms with E-state index in [-0.39, 0.29) is 5.91 Å². The molecule has 0 aliphatic rings. The smallest absolute Gasteiger partial charge is 0.223 e. The minimum Gasteiger partial charge on any atom is -0.348 e. The molecule has 7 nitrogen and oxygen atoms in total. The Balaban J connectivity index is 2.04. The molecule has 0 unspecified atom stereocenters. The Bertz CT molecular complexity index is 715. The fraction of sp³-hybridized carbons (Fsp3) is 0.611. The van der Waals surface area contributed by atoms with Crippen molar-refractivity contribution in [2.75, 3.05) is 27.2 Å². The highest BCUT2D eigenvalue weighted by molar-refractivity contribution is 5.76. The summed E-state index contributed by atoms with van der Waals surface area (Å²) in [4.78, 5) is 24.3. The molecule has 0 spiro atoms. The predicted molar refractivity (Wildman–Crippen MR) is 98.3 cm³/mol. The van der Waals surface area contributed by atoms with Crippen molar-refractivity contribution in [3.63, 3.8) is 0 Å². The maximum Gasteiger partial charge on any atom is 0.223 e. The highest BCUT2D eigenvalue weighted by atomic mass is 16.2. The number of aryl methyl sites for hydroxylation is 3. The molecule has 2 heterocycles. The third kappa shape index (κ3) is 4.92. The van der Waals surface area contributed by atoms with Gasteiger partial charge in [-0.15, -0.1) is 0 Å². The van der Waals surface area contributed by atoms with Crippen LogP contribution in [0.25, 0.3) is 0 Å². The third-order valence-corrected chi connectivity index (χ3v) is 4.69. The van der Waals surface area contributed by atoms with Gasteiger partial charge in [-0.1, -0.05) is 0 Å². The standard InChI is InChI=1S/C18H30N6O/c1-13-16(15(3)23(6)21-13)7-8-18(25)24(10-9-22(4)5)11-17-14(2)19-12-20-17/h12H,7-11H2,1-6H3,(H,19,20). The second-order valence-electron chi connectivity index (χ2n) is 6.87. The summed E-state index contributed by atoms with van der Waals surface area (Å²) in [6, 6.07) is 0. The summed E-state index contributed by atoms with van der Waals surface area (Å²) in [6.07, 6.45) is 2.90. The van der Waals surface area contributed by atoms with E-state index in [1.165, 1.54) is 5.56 Å². The maximum atomic E-state index is 12.8. The number of imidazole rings is 1. The van der Waals surface area contributed by atoms with Gasteiger partial charge in [0.05, 0.1) is 24.3 Å². The van der Waals surface area contributed by atoms with Crippen molar-refractivity contribution in [3.8, 4) is 0 Å². The molecular formula is C18H30N6O. The quantitative estimate of drug-likeness (QED) is 0.788. The van der Waals surface area contributed by atoms with Gasteiger partial charge in [0, 0.05) is 37.9 Å². The lowest BCUT2D eigenvalue weighted by Crippen LogP contribution is -2.36. The lowest BCUT2D eigenvalue weighted by atomic mass is 10.1. The van der Waals surface area contributed by atoms with E-state index < -0.39 is 0 Å². The number of likely N-dealkylation sites (N-methyl/N-ethyl adjacent to an activating group) is 1. The van der Waals surface area contributed by atoms with Crippen molar-refractivity contribution >= 4 is 5.91 Å². The topological polar surface area (TPSA) is 70.1 Å². The number of aromatic amines is 1. The second kappa shape index (κ2) is 8.29. The van der Waals surface area contributed by atoms with Crippen molar-refractivity contribution in [1.29, 1.82) is 0 Å². The first-order chi connectivity index (χ1) is 11.8. The van der Waals surface area contributed by atoms with Crippen LogP contribution in [0, 0.1) is 20.8 Å². The van der Waals surface area contributed by atoms with Crippen LogP contribution in [0.5, 0.6) is 0 Å². The van der Waals surface area contributed by atoms with E-state index >= 15 is 0 Å². The largest absolute Gasteiger partial charge is 0.348 e. The molecule has 1 N–H and O–H groups in total. The summed E-state index contributed by atoms with van der Waals surface area (Å²) in [7, 11) is 5.98. The fourth-order valence-electron chi connectivity index (χ4n) is 2.91. The van der Waals surface area contributed by atoms with Crippen LogP contribution in [0.15, 0.2) is 6.33 Å². The van der Waals surface area contributed by atoms with Gasteiger partial charge in [0.1, 0.15) is 0 Å². The summed E-state index contributed by atoms with van der Waals surface area (Å²) in [6.45, 7) is 8.12. The van der Waals surface area contributed by atoms with Gasteiger partial charge in [-0.2, -0.15) is 5.10 Å². The first-order valence-electron chi connectivity index (χ1n) is 8.70. The van der Waals surface area contributed by atoms with Crippen LogP contribution in [0.1, 0.15) is 34.8 Å². The molecule has 0 saturated heterocycles. The van der Waals surface area contributed by atoms with Crippen LogP contribution in [0.4, 0.5) is 0 Å². The van der Waals surface area contributed by atoms with Gasteiger partial charge in [-0.25, -0.2) is 4.98 Å². The third-order valence-electron chi connectivity index (χ3n) is 4.69. The van der Waals surface area contributed by atoms with Crippen LogP contribution < -0.4 is 0 Å². The predicted octanol–water partition coefficient (Wildman–Crippen LogP) is 1.59. The van der Waals surface area contributed by atoms with Gasteiger partial charge in [-0.3, -0.25) is 9.48 Å². The molecular weight excluding hydrogens is 316 g/mol. The number of nitrogens with zero attached hydrogens (tertiary/aromatic N) is 5. The number of aromatic nitrogens is 4. The van der Waals surface area contributed by atoms with Crippen LogP contribution in [0.2, 0.25) is 0 Å². The molecule has 0 atom stereocenters. The Morgan fingerprint density at radius 2 is 1.96 bits per heavy atom. The van der Waals surface area contributed by atoms with E-state index in [1.807, 2.05) is 44.6 Å². The van der Waals surface area contributed by atoms with Crippen LogP contribution >= 0.6 is 0 Å². The monoisotopic (exact) mass is 346 g/mol. The molecule has 7 heteroatoms. The lowest BCUT2D eigenvalue weighted by molar-refractivity contribution is -0.132. The molecule has 0 aliphatic heterocycles. The number of carbonyl (C=O) groups is 1. The Labute approximate surface area is 150 Å². The molecule has 0 radical (unpaired) electrons. The summed E-state index contributed by atoms with van der Waals surface area (Å²) in [5, 5.41) is 4.44. The van der Waals surface area contributed by atoms with Crippen LogP contribution in [0.3, 0.4) is 0 Å². The highest BCUT2D eigenvalue weighted by Gasteiger charge is 2.18. The Morgan fingerprint density at radius 1 is 1.24 bits per heavy atom. The molecule has 2 rings (SSSR count). The van der Waals surface area contributed by atoms with Crippen molar-refractivity contribution in [2.24, 2.45) is 7.05 Å². The van der Waals surface area contributed by atoms with E-state index in [4.69, 9.17) is 0 Å². The average Bonchev–Trinajstić information content (AvgIpc) is 3.05. The van der Waals surface area contributed by atoms with E-state index in [1.54, 1.807) is 6.33 Å². The van der Waals surface area contributed by atoms with E-state index in [0.717, 1.165) is 35.7 Å². The normalized spacial score (nSPS) is 11.3. The second-order valence-corrected chi connectivity index (χ2v) is 6.87. The van der Waals surface area contributed by atoms with Crippen LogP contribution in [-0.4, -0.2) is 62.6 Å². The zero-order valence-electron chi connectivity index (χ0n) is 16.3. The van der Waals surface area contributed by atoms with Gasteiger partial charge in [0.2, 0.25) is 5.91 Å². The molecule has 0 aliphatic carbocycles. The zero-order valence-corrected chi connectivity index (χ0v) is 16.3. The Morgan fingerprint density at radius 3 is 2.48 bits per heavy atom. The summed E-state index contributed by atoms with van der Waals surface area (Å²) in [5.74, 6) is 0.159. The van der Waals surface area contributed by atoms with Crippen molar-refractivity contribution in [2.45, 2.75) is 40.2 Å². The molecule has 2 aromatic rings. The summed E-state index contributed by atoms with van der Waals surface area (Å²) < 4.78 is 1.88. The van der Waals surface area contributed by atoms with Crippen molar-refractivity contribution in [1.82, 2.24) is 29.5 Å². The van der Waals surface area contributed by atoms with Crippen LogP contribution in [-0.2, 0) is 24.8 Å². The molecule has 0 aromatic carbocycles. The Kier molecular flexibility index (Phi) is 6.36. The van der Waals surface area contributed by atoms with E-state index in [0.29, 0.717) is 19.5 Å². The zero-order chi connectivity index (χ0) is 18.6. The number of nitrogens with one attached hydrogen (secondary N) is 1. The fourth-order valence-corrected chi connectivity index (χ4v) is 2.91. The molecule has 0 bridgehead atoms. The first kappa shape index (κ1) is 19.2. The van der Waals surface area contributed by atoms with E-state index in [9.17, 15) is 4.79 Å². The minimum atomic E-state index is 0.159.